The molecule has 0 atom stereocenters. The fourth-order valence-corrected chi connectivity index (χ4v) is 0.880. The lowest BCUT2D eigenvalue weighted by atomic mass is 10.3. The number of esters is 2. The van der Waals surface area contributed by atoms with E-state index in [1.54, 1.807) is 0 Å². The minimum atomic E-state index is -0.935. The second kappa shape index (κ2) is 13.0. The van der Waals surface area contributed by atoms with Crippen LogP contribution in [0.25, 0.3) is 0 Å². The number of ether oxygens (including phenoxy) is 2. The molecule has 0 unspecified atom stereocenters. The summed E-state index contributed by atoms with van der Waals surface area (Å²) < 4.78 is 9.39. The van der Waals surface area contributed by atoms with Crippen molar-refractivity contribution < 1.29 is 33.8 Å². The predicted molar refractivity (Wildman–Crippen MR) is 74.6 cm³/mol. The number of carboxylic acid groups (broad SMARTS) is 1. The van der Waals surface area contributed by atoms with Crippen LogP contribution in [0.4, 0.5) is 0 Å². The number of hydrogen-bond acceptors (Lipinski definition) is 6. The molecule has 0 fully saturated rings. The van der Waals surface area contributed by atoms with Crippen LogP contribution in [0, 0.1) is 0 Å². The Kier molecular flexibility index (Phi) is 13.2. The van der Waals surface area contributed by atoms with Gasteiger partial charge < -0.3 is 14.6 Å². The van der Waals surface area contributed by atoms with Gasteiger partial charge in [0.25, 0.3) is 0 Å². The summed E-state index contributed by atoms with van der Waals surface area (Å²) in [4.78, 5) is 41.9. The zero-order valence-corrected chi connectivity index (χ0v) is 12.6. The van der Waals surface area contributed by atoms with Gasteiger partial charge in [0.15, 0.2) is 0 Å². The molecule has 0 aliphatic carbocycles. The summed E-state index contributed by atoms with van der Waals surface area (Å²) in [5.41, 5.74) is 0.176. The maximum absolute atomic E-state index is 11.0. The van der Waals surface area contributed by atoms with E-state index in [1.165, 1.54) is 13.8 Å². The number of carbonyl (C=O) groups excluding carboxylic acids is 3. The lowest BCUT2D eigenvalue weighted by Crippen LogP contribution is -2.15. The van der Waals surface area contributed by atoms with E-state index in [2.05, 4.69) is 11.3 Å². The van der Waals surface area contributed by atoms with Gasteiger partial charge in [-0.3, -0.25) is 14.4 Å². The molecule has 0 aromatic carbocycles. The van der Waals surface area contributed by atoms with Gasteiger partial charge in [-0.15, -0.1) is 0 Å². The van der Waals surface area contributed by atoms with Gasteiger partial charge in [-0.25, -0.2) is 4.79 Å². The quantitative estimate of drug-likeness (QED) is 0.313. The van der Waals surface area contributed by atoms with Gasteiger partial charge in [-0.2, -0.15) is 0 Å². The summed E-state index contributed by atoms with van der Waals surface area (Å²) in [6.45, 7) is 8.78. The first-order chi connectivity index (χ1) is 9.70. The predicted octanol–water partition coefficient (Wildman–Crippen LogP) is 1.50. The van der Waals surface area contributed by atoms with Gasteiger partial charge in [0.2, 0.25) is 0 Å². The molecule has 21 heavy (non-hydrogen) atoms. The van der Waals surface area contributed by atoms with E-state index in [0.29, 0.717) is 19.6 Å². The molecule has 0 amide bonds. The molecule has 7 nitrogen and oxygen atoms in total. The first-order valence-corrected chi connectivity index (χ1v) is 6.40. The van der Waals surface area contributed by atoms with Crippen LogP contribution in [0.2, 0.25) is 0 Å². The van der Waals surface area contributed by atoms with E-state index in [9.17, 15) is 19.2 Å². The molecular formula is C14H22O7. The number of carbonyl (C=O) groups is 4. The van der Waals surface area contributed by atoms with Gasteiger partial charge in [-0.05, 0) is 27.2 Å². The molecule has 0 bridgehead atoms. The zero-order valence-electron chi connectivity index (χ0n) is 12.6. The number of ketones is 1. The molecule has 0 aliphatic heterocycles. The van der Waals surface area contributed by atoms with Crippen molar-refractivity contribution in [3.05, 3.63) is 12.2 Å². The minimum absolute atomic E-state index is 0.129. The van der Waals surface area contributed by atoms with Crippen molar-refractivity contribution in [3.63, 3.8) is 0 Å². The Morgan fingerprint density at radius 2 is 1.62 bits per heavy atom. The Hall–Kier alpha value is -2.02. The Morgan fingerprint density at radius 3 is 2.00 bits per heavy atom. The highest BCUT2D eigenvalue weighted by Crippen LogP contribution is 1.96. The Bertz CT molecular complexity index is 373. The minimum Gasteiger partial charge on any atom is -0.478 e. The number of carboxylic acids is 1. The second-order valence-corrected chi connectivity index (χ2v) is 4.11. The fraction of sp³-hybridized carbons (Fsp3) is 0.571. The van der Waals surface area contributed by atoms with Crippen LogP contribution in [0.1, 0.15) is 40.0 Å². The molecule has 0 aromatic heterocycles. The molecule has 0 aromatic rings. The van der Waals surface area contributed by atoms with Gasteiger partial charge in [0, 0.05) is 25.2 Å². The van der Waals surface area contributed by atoms with E-state index < -0.39 is 17.9 Å². The zero-order chi connectivity index (χ0) is 16.8. The van der Waals surface area contributed by atoms with Gasteiger partial charge >= 0.3 is 17.9 Å². The van der Waals surface area contributed by atoms with E-state index in [0.717, 1.165) is 0 Å². The smallest absolute Gasteiger partial charge is 0.330 e. The van der Waals surface area contributed by atoms with Crippen molar-refractivity contribution in [2.24, 2.45) is 0 Å². The normalized spacial score (nSPS) is 9.10. The van der Waals surface area contributed by atoms with Crippen LogP contribution in [-0.2, 0) is 28.7 Å². The van der Waals surface area contributed by atoms with Crippen molar-refractivity contribution in [1.29, 1.82) is 0 Å². The topological polar surface area (TPSA) is 107 Å². The van der Waals surface area contributed by atoms with Gasteiger partial charge in [-0.1, -0.05) is 6.58 Å². The summed E-state index contributed by atoms with van der Waals surface area (Å²) in [6.07, 6.45) is 0.293. The highest BCUT2D eigenvalue weighted by Gasteiger charge is 2.11. The molecule has 0 saturated heterocycles. The third-order valence-corrected chi connectivity index (χ3v) is 1.86. The fourth-order valence-electron chi connectivity index (χ4n) is 0.880. The summed E-state index contributed by atoms with van der Waals surface area (Å²) in [5.74, 6) is -2.65. The first kappa shape index (κ1) is 21.3. The Morgan fingerprint density at radius 1 is 1.10 bits per heavy atom. The number of hydrogen-bond donors (Lipinski definition) is 1. The van der Waals surface area contributed by atoms with Gasteiger partial charge in [0.1, 0.15) is 12.2 Å². The number of aliphatic carboxylic acids is 1. The Balaban J connectivity index is 0. The molecule has 0 aliphatic rings. The Labute approximate surface area is 123 Å². The molecule has 0 saturated carbocycles. The molecule has 0 heterocycles. The van der Waals surface area contributed by atoms with Crippen molar-refractivity contribution >= 4 is 23.7 Å². The summed E-state index contributed by atoms with van der Waals surface area (Å²) in [5, 5.41) is 7.89. The molecule has 0 rings (SSSR count). The standard InChI is InChI=1S/C10H16O5.C4H6O2/c1-3-14-6-4-5-9(12)15-10(13)7-8(2)11;1-3(2)4(5)6/h3-7H2,1-2H3;1H2,2H3,(H,5,6). The lowest BCUT2D eigenvalue weighted by Gasteiger charge is -2.01. The molecule has 7 heteroatoms. The van der Waals surface area contributed by atoms with Crippen LogP contribution in [0.3, 0.4) is 0 Å². The van der Waals surface area contributed by atoms with Crippen molar-refractivity contribution in [3.8, 4) is 0 Å². The monoisotopic (exact) mass is 302 g/mol. The van der Waals surface area contributed by atoms with Crippen molar-refractivity contribution in [2.45, 2.75) is 40.0 Å². The van der Waals surface area contributed by atoms with Crippen molar-refractivity contribution in [1.82, 2.24) is 0 Å². The van der Waals surface area contributed by atoms with Crippen molar-refractivity contribution in [2.75, 3.05) is 13.2 Å². The van der Waals surface area contributed by atoms with Crippen LogP contribution >= 0.6 is 0 Å². The van der Waals surface area contributed by atoms with Crippen LogP contribution in [0.5, 0.6) is 0 Å². The van der Waals surface area contributed by atoms with Crippen LogP contribution in [0.15, 0.2) is 12.2 Å². The number of Topliss-reactive ketones (excluding diaryl/α,β-unsaturated/α-hetero) is 1. The second-order valence-electron chi connectivity index (χ2n) is 4.11. The molecule has 0 spiro atoms. The summed E-state index contributed by atoms with van der Waals surface area (Å²) in [7, 11) is 0. The molecular weight excluding hydrogens is 280 g/mol. The lowest BCUT2D eigenvalue weighted by molar-refractivity contribution is -0.160. The van der Waals surface area contributed by atoms with E-state index in [-0.39, 0.29) is 24.2 Å². The third-order valence-electron chi connectivity index (χ3n) is 1.86. The number of rotatable bonds is 8. The molecule has 120 valence electrons. The largest absolute Gasteiger partial charge is 0.478 e. The molecule has 0 radical (unpaired) electrons. The van der Waals surface area contributed by atoms with E-state index in [4.69, 9.17) is 9.84 Å². The van der Waals surface area contributed by atoms with Crippen LogP contribution in [-0.4, -0.2) is 42.0 Å². The average Bonchev–Trinajstić information content (AvgIpc) is 2.34. The van der Waals surface area contributed by atoms with Crippen LogP contribution < -0.4 is 0 Å². The molecule has 1 N–H and O–H groups in total. The summed E-state index contributed by atoms with van der Waals surface area (Å²) in [6, 6.07) is 0. The SMILES string of the molecule is C=C(C)C(=O)O.CCOCCCC(=O)OC(=O)CC(C)=O. The highest BCUT2D eigenvalue weighted by atomic mass is 16.6. The highest BCUT2D eigenvalue weighted by molar-refractivity contribution is 5.98. The van der Waals surface area contributed by atoms with E-state index in [1.807, 2.05) is 6.92 Å². The summed E-state index contributed by atoms with van der Waals surface area (Å²) >= 11 is 0. The average molecular weight is 302 g/mol. The maximum Gasteiger partial charge on any atom is 0.330 e. The van der Waals surface area contributed by atoms with E-state index >= 15 is 0 Å². The third kappa shape index (κ3) is 18.0. The maximum atomic E-state index is 11.0. The van der Waals surface area contributed by atoms with Gasteiger partial charge in [0.05, 0.1) is 0 Å². The first-order valence-electron chi connectivity index (χ1n) is 6.40.